The Morgan fingerprint density at radius 2 is 1.78 bits per heavy atom. The molecule has 0 aliphatic heterocycles. The molecule has 0 aromatic rings. The fourth-order valence-corrected chi connectivity index (χ4v) is 3.70. The molecule has 0 heterocycles. The van der Waals surface area contributed by atoms with Crippen molar-refractivity contribution in [1.82, 2.24) is 5.32 Å². The van der Waals surface area contributed by atoms with Crippen molar-refractivity contribution in [1.29, 1.82) is 0 Å². The Labute approximate surface area is 113 Å². The summed E-state index contributed by atoms with van der Waals surface area (Å²) in [7, 11) is 0. The SMILES string of the molecule is CCNC1CCC(CC)CC1OCC1CCCC1. The van der Waals surface area contributed by atoms with E-state index in [-0.39, 0.29) is 0 Å². The summed E-state index contributed by atoms with van der Waals surface area (Å²) >= 11 is 0. The number of ether oxygens (including phenoxy) is 1. The van der Waals surface area contributed by atoms with Gasteiger partial charge in [-0.2, -0.15) is 0 Å². The normalized spacial score (nSPS) is 34.0. The molecule has 2 saturated carbocycles. The topological polar surface area (TPSA) is 21.3 Å². The summed E-state index contributed by atoms with van der Waals surface area (Å²) in [6, 6.07) is 0.610. The first-order valence-electron chi connectivity index (χ1n) is 8.18. The Kier molecular flexibility index (Phi) is 5.97. The molecular weight excluding hydrogens is 222 g/mol. The molecule has 2 aliphatic carbocycles. The molecule has 2 nitrogen and oxygen atoms in total. The van der Waals surface area contributed by atoms with Crippen LogP contribution in [0, 0.1) is 11.8 Å². The second kappa shape index (κ2) is 7.49. The summed E-state index contributed by atoms with van der Waals surface area (Å²) in [6.45, 7) is 6.62. The summed E-state index contributed by atoms with van der Waals surface area (Å²) in [4.78, 5) is 0. The van der Waals surface area contributed by atoms with E-state index in [4.69, 9.17) is 4.74 Å². The van der Waals surface area contributed by atoms with Crippen LogP contribution in [0.5, 0.6) is 0 Å². The molecule has 3 unspecified atom stereocenters. The zero-order valence-corrected chi connectivity index (χ0v) is 12.3. The van der Waals surface area contributed by atoms with E-state index < -0.39 is 0 Å². The van der Waals surface area contributed by atoms with E-state index in [1.54, 1.807) is 0 Å². The van der Waals surface area contributed by atoms with Crippen molar-refractivity contribution < 1.29 is 4.74 Å². The first-order chi connectivity index (χ1) is 8.83. The molecule has 0 aromatic carbocycles. The average Bonchev–Trinajstić information content (AvgIpc) is 2.91. The third-order valence-corrected chi connectivity index (χ3v) is 4.96. The van der Waals surface area contributed by atoms with Crippen LogP contribution >= 0.6 is 0 Å². The van der Waals surface area contributed by atoms with Gasteiger partial charge in [-0.15, -0.1) is 0 Å². The van der Waals surface area contributed by atoms with E-state index in [2.05, 4.69) is 19.2 Å². The lowest BCUT2D eigenvalue weighted by Crippen LogP contribution is -2.46. The van der Waals surface area contributed by atoms with Gasteiger partial charge in [-0.25, -0.2) is 0 Å². The molecule has 0 radical (unpaired) electrons. The van der Waals surface area contributed by atoms with Crippen LogP contribution in [0.2, 0.25) is 0 Å². The Balaban J connectivity index is 1.79. The van der Waals surface area contributed by atoms with Gasteiger partial charge in [0.25, 0.3) is 0 Å². The van der Waals surface area contributed by atoms with Crippen molar-refractivity contribution in [3.05, 3.63) is 0 Å². The highest BCUT2D eigenvalue weighted by Crippen LogP contribution is 2.31. The number of rotatable bonds is 6. The van der Waals surface area contributed by atoms with Crippen molar-refractivity contribution in [2.24, 2.45) is 11.8 Å². The largest absolute Gasteiger partial charge is 0.376 e. The molecule has 2 rings (SSSR count). The van der Waals surface area contributed by atoms with Gasteiger partial charge in [0.2, 0.25) is 0 Å². The molecule has 2 heteroatoms. The highest BCUT2D eigenvalue weighted by Gasteiger charge is 2.30. The van der Waals surface area contributed by atoms with Crippen LogP contribution in [-0.2, 0) is 4.74 Å². The maximum absolute atomic E-state index is 6.30. The zero-order valence-electron chi connectivity index (χ0n) is 12.3. The Morgan fingerprint density at radius 1 is 1.00 bits per heavy atom. The van der Waals surface area contributed by atoms with Gasteiger partial charge >= 0.3 is 0 Å². The molecule has 2 fully saturated rings. The molecule has 18 heavy (non-hydrogen) atoms. The summed E-state index contributed by atoms with van der Waals surface area (Å²) in [5, 5.41) is 3.63. The molecule has 1 N–H and O–H groups in total. The van der Waals surface area contributed by atoms with Crippen molar-refractivity contribution in [2.75, 3.05) is 13.2 Å². The number of nitrogens with one attached hydrogen (secondary N) is 1. The molecule has 0 spiro atoms. The molecule has 2 aliphatic rings. The third kappa shape index (κ3) is 3.96. The van der Waals surface area contributed by atoms with Gasteiger partial charge in [0.15, 0.2) is 0 Å². The van der Waals surface area contributed by atoms with Crippen LogP contribution in [0.25, 0.3) is 0 Å². The first-order valence-corrected chi connectivity index (χ1v) is 8.18. The highest BCUT2D eigenvalue weighted by atomic mass is 16.5. The molecule has 0 bridgehead atoms. The summed E-state index contributed by atoms with van der Waals surface area (Å²) in [5.41, 5.74) is 0. The minimum Gasteiger partial charge on any atom is -0.376 e. The van der Waals surface area contributed by atoms with Crippen LogP contribution in [-0.4, -0.2) is 25.3 Å². The highest BCUT2D eigenvalue weighted by molar-refractivity contribution is 4.85. The second-order valence-electron chi connectivity index (χ2n) is 6.27. The fraction of sp³-hybridized carbons (Fsp3) is 1.00. The minimum absolute atomic E-state index is 0.476. The van der Waals surface area contributed by atoms with Gasteiger partial charge < -0.3 is 10.1 Å². The monoisotopic (exact) mass is 253 g/mol. The molecule has 106 valence electrons. The maximum Gasteiger partial charge on any atom is 0.0730 e. The van der Waals surface area contributed by atoms with Crippen LogP contribution < -0.4 is 5.32 Å². The van der Waals surface area contributed by atoms with E-state index in [1.807, 2.05) is 0 Å². The molecule has 0 saturated heterocycles. The molecule has 3 atom stereocenters. The van der Waals surface area contributed by atoms with E-state index in [0.29, 0.717) is 12.1 Å². The summed E-state index contributed by atoms with van der Waals surface area (Å²) < 4.78 is 6.30. The third-order valence-electron chi connectivity index (χ3n) is 4.96. The number of likely N-dealkylation sites (N-methyl/N-ethyl adjacent to an activating group) is 1. The fourth-order valence-electron chi connectivity index (χ4n) is 3.70. The Bertz CT molecular complexity index is 225. The second-order valence-corrected chi connectivity index (χ2v) is 6.27. The molecular formula is C16H31NO. The van der Waals surface area contributed by atoms with Gasteiger partial charge in [-0.1, -0.05) is 33.1 Å². The van der Waals surface area contributed by atoms with Crippen molar-refractivity contribution in [2.45, 2.75) is 77.4 Å². The predicted molar refractivity (Wildman–Crippen MR) is 76.8 cm³/mol. The Morgan fingerprint density at radius 3 is 2.44 bits per heavy atom. The minimum atomic E-state index is 0.476. The maximum atomic E-state index is 6.30. The Hall–Kier alpha value is -0.0800. The van der Waals surface area contributed by atoms with Crippen molar-refractivity contribution in [3.8, 4) is 0 Å². The average molecular weight is 253 g/mol. The lowest BCUT2D eigenvalue weighted by Gasteiger charge is -2.36. The number of hydrogen-bond acceptors (Lipinski definition) is 2. The van der Waals surface area contributed by atoms with Gasteiger partial charge in [0.1, 0.15) is 0 Å². The summed E-state index contributed by atoms with van der Waals surface area (Å²) in [6.07, 6.45) is 11.4. The van der Waals surface area contributed by atoms with Gasteiger partial charge in [-0.05, 0) is 50.5 Å². The van der Waals surface area contributed by atoms with Crippen LogP contribution in [0.15, 0.2) is 0 Å². The van der Waals surface area contributed by atoms with Gasteiger partial charge in [0.05, 0.1) is 6.10 Å². The number of hydrogen-bond donors (Lipinski definition) is 1. The van der Waals surface area contributed by atoms with Crippen molar-refractivity contribution >= 4 is 0 Å². The first kappa shape index (κ1) is 14.3. The predicted octanol–water partition coefficient (Wildman–Crippen LogP) is 3.75. The summed E-state index contributed by atoms with van der Waals surface area (Å²) in [5.74, 6) is 1.75. The molecule has 0 amide bonds. The van der Waals surface area contributed by atoms with E-state index in [1.165, 1.54) is 51.4 Å². The van der Waals surface area contributed by atoms with Gasteiger partial charge in [-0.3, -0.25) is 0 Å². The van der Waals surface area contributed by atoms with E-state index in [9.17, 15) is 0 Å². The van der Waals surface area contributed by atoms with Crippen LogP contribution in [0.3, 0.4) is 0 Å². The quantitative estimate of drug-likeness (QED) is 0.778. The zero-order chi connectivity index (χ0) is 12.8. The van der Waals surface area contributed by atoms with Gasteiger partial charge in [0, 0.05) is 12.6 Å². The standard InChI is InChI=1S/C16H31NO/c1-3-13-9-10-15(17-4-2)16(11-13)18-12-14-7-5-6-8-14/h13-17H,3-12H2,1-2H3. The van der Waals surface area contributed by atoms with Crippen LogP contribution in [0.1, 0.15) is 65.2 Å². The van der Waals surface area contributed by atoms with E-state index >= 15 is 0 Å². The lowest BCUT2D eigenvalue weighted by atomic mass is 9.82. The lowest BCUT2D eigenvalue weighted by molar-refractivity contribution is -0.0248. The molecule has 0 aromatic heterocycles. The van der Waals surface area contributed by atoms with Crippen molar-refractivity contribution in [3.63, 3.8) is 0 Å². The van der Waals surface area contributed by atoms with E-state index in [0.717, 1.165) is 25.0 Å². The van der Waals surface area contributed by atoms with Crippen LogP contribution in [0.4, 0.5) is 0 Å². The smallest absolute Gasteiger partial charge is 0.0730 e.